The fourth-order valence-electron chi connectivity index (χ4n) is 3.26. The largest absolute Gasteiger partial charge is 0.483 e. The number of rotatable bonds is 6. The number of likely N-dealkylation sites (tertiary alicyclic amines) is 1. The highest BCUT2D eigenvalue weighted by Crippen LogP contribution is 2.26. The second-order valence-corrected chi connectivity index (χ2v) is 9.80. The summed E-state index contributed by atoms with van der Waals surface area (Å²) in [6.45, 7) is 5.12. The lowest BCUT2D eigenvalue weighted by Crippen LogP contribution is -2.33. The summed E-state index contributed by atoms with van der Waals surface area (Å²) in [6, 6.07) is 7.99. The van der Waals surface area contributed by atoms with Gasteiger partial charge in [0.05, 0.1) is 17.6 Å². The van der Waals surface area contributed by atoms with Crippen molar-refractivity contribution in [1.82, 2.24) is 14.2 Å². The Morgan fingerprint density at radius 1 is 1.23 bits per heavy atom. The molecular weight excluding hydrogens is 410 g/mol. The minimum Gasteiger partial charge on any atom is -0.483 e. The summed E-state index contributed by atoms with van der Waals surface area (Å²) in [6.07, 6.45) is -0.663. The van der Waals surface area contributed by atoms with E-state index in [0.29, 0.717) is 25.5 Å². The molecule has 0 radical (unpaired) electrons. The molecule has 2 aromatic rings. The smallest absolute Gasteiger partial charge is 0.290 e. The van der Waals surface area contributed by atoms with Gasteiger partial charge in [-0.3, -0.25) is 9.69 Å². The van der Waals surface area contributed by atoms with Crippen LogP contribution in [-0.4, -0.2) is 78.3 Å². The van der Waals surface area contributed by atoms with Crippen molar-refractivity contribution in [3.63, 3.8) is 0 Å². The summed E-state index contributed by atoms with van der Waals surface area (Å²) < 4.78 is 31.2. The maximum absolute atomic E-state index is 12.1. The number of β-amino-alcohol motifs (C(OH)–C–C–N with tert-alkyl or cyclic N) is 1. The van der Waals surface area contributed by atoms with Crippen LogP contribution in [0.4, 0.5) is 0 Å². The van der Waals surface area contributed by atoms with Gasteiger partial charge >= 0.3 is 0 Å². The Balaban J connectivity index is 0.00000101. The Kier molecular flexibility index (Phi) is 8.13. The fraction of sp³-hybridized carbons (Fsp3) is 0.500. The highest BCUT2D eigenvalue weighted by molar-refractivity contribution is 7.89. The number of carbonyl (C=O) groups is 1. The molecule has 166 valence electrons. The van der Waals surface area contributed by atoms with E-state index in [1.165, 1.54) is 24.0 Å². The van der Waals surface area contributed by atoms with Gasteiger partial charge in [-0.1, -0.05) is 17.7 Å². The van der Waals surface area contributed by atoms with Crippen molar-refractivity contribution in [3.8, 4) is 11.5 Å². The standard InChI is InChI=1S/C19H27N3O4S.CH2O2/c1-13-5-7-15(8-6-13)19-20-17(14(2)26-19)10-22-9-16(18(23)11-22)12-27(24,25)21(3)4;2-1-3/h5-8,16,18,23H,9-12H2,1-4H3;1H,(H,2,3)/t16-,18+;/m0./s1. The third-order valence-corrected chi connectivity index (χ3v) is 6.99. The van der Waals surface area contributed by atoms with Crippen molar-refractivity contribution < 1.29 is 27.8 Å². The Morgan fingerprint density at radius 2 is 1.83 bits per heavy atom. The summed E-state index contributed by atoms with van der Waals surface area (Å²) in [5.74, 6) is 0.962. The molecule has 9 nitrogen and oxygen atoms in total. The Labute approximate surface area is 177 Å². The van der Waals surface area contributed by atoms with Crippen LogP contribution in [0.25, 0.3) is 11.5 Å². The van der Waals surface area contributed by atoms with E-state index in [2.05, 4.69) is 4.98 Å². The Bertz CT molecular complexity index is 940. The van der Waals surface area contributed by atoms with Crippen LogP contribution in [0, 0.1) is 19.8 Å². The maximum Gasteiger partial charge on any atom is 0.290 e. The Hall–Kier alpha value is -2.27. The van der Waals surface area contributed by atoms with Gasteiger partial charge in [0.25, 0.3) is 6.47 Å². The number of aryl methyl sites for hydroxylation is 2. The molecule has 1 aliphatic heterocycles. The predicted octanol–water partition coefficient (Wildman–Crippen LogP) is 1.34. The minimum atomic E-state index is -3.34. The van der Waals surface area contributed by atoms with E-state index in [1.54, 1.807) is 0 Å². The second-order valence-electron chi connectivity index (χ2n) is 7.58. The van der Waals surface area contributed by atoms with E-state index in [0.717, 1.165) is 17.0 Å². The first kappa shape index (κ1) is 24.0. The van der Waals surface area contributed by atoms with Gasteiger partial charge in [0.2, 0.25) is 15.9 Å². The molecule has 3 rings (SSSR count). The zero-order chi connectivity index (χ0) is 22.5. The number of nitrogens with zero attached hydrogens (tertiary/aromatic N) is 3. The van der Waals surface area contributed by atoms with Crippen molar-refractivity contribution in [2.24, 2.45) is 5.92 Å². The number of carboxylic acid groups (broad SMARTS) is 1. The van der Waals surface area contributed by atoms with Crippen molar-refractivity contribution in [3.05, 3.63) is 41.3 Å². The number of aliphatic hydroxyl groups is 1. The van der Waals surface area contributed by atoms with E-state index >= 15 is 0 Å². The van der Waals surface area contributed by atoms with Gasteiger partial charge in [-0.05, 0) is 26.0 Å². The van der Waals surface area contributed by atoms with Gasteiger partial charge < -0.3 is 14.6 Å². The van der Waals surface area contributed by atoms with Gasteiger partial charge in [-0.25, -0.2) is 17.7 Å². The molecule has 1 saturated heterocycles. The first-order chi connectivity index (χ1) is 14.1. The molecule has 0 bridgehead atoms. The van der Waals surface area contributed by atoms with Gasteiger partial charge in [0, 0.05) is 45.2 Å². The SMILES string of the molecule is Cc1ccc(-c2nc(CN3C[C@@H](CS(=O)(=O)N(C)C)[C@H](O)C3)c(C)o2)cc1.O=CO. The Morgan fingerprint density at radius 3 is 2.40 bits per heavy atom. The second kappa shape index (κ2) is 10.2. The molecule has 2 heterocycles. The average molecular weight is 440 g/mol. The van der Waals surface area contributed by atoms with Gasteiger partial charge in [0.1, 0.15) is 5.76 Å². The number of sulfonamides is 1. The van der Waals surface area contributed by atoms with Crippen molar-refractivity contribution in [2.75, 3.05) is 32.9 Å². The molecule has 30 heavy (non-hydrogen) atoms. The van der Waals surface area contributed by atoms with Gasteiger partial charge in [0.15, 0.2) is 0 Å². The normalized spacial score (nSPS) is 19.5. The number of hydrogen-bond acceptors (Lipinski definition) is 7. The molecule has 1 aromatic heterocycles. The first-order valence-corrected chi connectivity index (χ1v) is 11.1. The van der Waals surface area contributed by atoms with Crippen molar-refractivity contribution in [1.29, 1.82) is 0 Å². The van der Waals surface area contributed by atoms with Gasteiger partial charge in [-0.15, -0.1) is 0 Å². The number of oxazole rings is 1. The topological polar surface area (TPSA) is 124 Å². The minimum absolute atomic E-state index is 0.0515. The molecule has 0 amide bonds. The lowest BCUT2D eigenvalue weighted by atomic mass is 10.1. The van der Waals surface area contributed by atoms with E-state index in [9.17, 15) is 13.5 Å². The molecule has 0 spiro atoms. The van der Waals surface area contributed by atoms with Crippen LogP contribution in [0.1, 0.15) is 17.0 Å². The summed E-state index contributed by atoms with van der Waals surface area (Å²) in [4.78, 5) is 15.0. The van der Waals surface area contributed by atoms with Gasteiger partial charge in [-0.2, -0.15) is 0 Å². The van der Waals surface area contributed by atoms with Crippen LogP contribution < -0.4 is 0 Å². The highest BCUT2D eigenvalue weighted by atomic mass is 32.2. The zero-order valence-corrected chi connectivity index (χ0v) is 18.5. The molecule has 0 unspecified atom stereocenters. The van der Waals surface area contributed by atoms with Crippen LogP contribution in [0.15, 0.2) is 28.7 Å². The van der Waals surface area contributed by atoms with Crippen LogP contribution in [0.2, 0.25) is 0 Å². The number of benzene rings is 1. The van der Waals surface area contributed by atoms with E-state index in [-0.39, 0.29) is 18.1 Å². The van der Waals surface area contributed by atoms with Crippen molar-refractivity contribution >= 4 is 16.5 Å². The van der Waals surface area contributed by atoms with Crippen LogP contribution in [0.3, 0.4) is 0 Å². The summed E-state index contributed by atoms with van der Waals surface area (Å²) >= 11 is 0. The quantitative estimate of drug-likeness (QED) is 0.646. The number of aliphatic hydroxyl groups excluding tert-OH is 1. The fourth-order valence-corrected chi connectivity index (χ4v) is 4.43. The molecule has 0 aliphatic carbocycles. The van der Waals surface area contributed by atoms with E-state index in [4.69, 9.17) is 14.3 Å². The molecule has 2 atom stereocenters. The van der Waals surface area contributed by atoms with Crippen molar-refractivity contribution in [2.45, 2.75) is 26.5 Å². The first-order valence-electron chi connectivity index (χ1n) is 9.49. The number of hydrogen-bond donors (Lipinski definition) is 2. The summed E-state index contributed by atoms with van der Waals surface area (Å²) in [5.41, 5.74) is 2.91. The average Bonchev–Trinajstić information content (AvgIpc) is 3.18. The molecular formula is C20H29N3O6S. The van der Waals surface area contributed by atoms with Crippen LogP contribution >= 0.6 is 0 Å². The molecule has 0 saturated carbocycles. The predicted molar refractivity (Wildman–Crippen MR) is 112 cm³/mol. The van der Waals surface area contributed by atoms with Crippen LogP contribution in [0.5, 0.6) is 0 Å². The monoisotopic (exact) mass is 439 g/mol. The number of aromatic nitrogens is 1. The third kappa shape index (κ3) is 6.11. The summed E-state index contributed by atoms with van der Waals surface area (Å²) in [7, 11) is -0.315. The lowest BCUT2D eigenvalue weighted by Gasteiger charge is -2.17. The lowest BCUT2D eigenvalue weighted by molar-refractivity contribution is -0.122. The summed E-state index contributed by atoms with van der Waals surface area (Å²) in [5, 5.41) is 17.2. The molecule has 10 heteroatoms. The molecule has 1 aromatic carbocycles. The zero-order valence-electron chi connectivity index (χ0n) is 17.6. The molecule has 2 N–H and O–H groups in total. The van der Waals surface area contributed by atoms with E-state index < -0.39 is 16.1 Å². The highest BCUT2D eigenvalue weighted by Gasteiger charge is 2.35. The van der Waals surface area contributed by atoms with Crippen LogP contribution in [-0.2, 0) is 21.4 Å². The molecule has 1 aliphatic rings. The van der Waals surface area contributed by atoms with E-state index in [1.807, 2.05) is 43.0 Å². The maximum atomic E-state index is 12.1. The third-order valence-electron chi connectivity index (χ3n) is 5.03. The molecule has 1 fully saturated rings.